The molecule has 8 nitrogen and oxygen atoms in total. The molecule has 0 atom stereocenters. The fourth-order valence-corrected chi connectivity index (χ4v) is 1.88. The molecule has 0 saturated carbocycles. The van der Waals surface area contributed by atoms with Crippen molar-refractivity contribution in [1.82, 2.24) is 30.3 Å². The molecule has 0 unspecified atom stereocenters. The van der Waals surface area contributed by atoms with Crippen molar-refractivity contribution in [2.75, 3.05) is 11.9 Å². The molecule has 0 amide bonds. The normalized spacial score (nSPS) is 10.8. The lowest BCUT2D eigenvalue weighted by atomic mass is 10.2. The monoisotopic (exact) mass is 285 g/mol. The molecule has 108 valence electrons. The van der Waals surface area contributed by atoms with Gasteiger partial charge in [0, 0.05) is 13.0 Å². The number of hydrogen-bond donors (Lipinski definition) is 1. The molecule has 8 heteroatoms. The molecule has 0 aliphatic carbocycles. The van der Waals surface area contributed by atoms with Crippen LogP contribution >= 0.6 is 0 Å². The first kappa shape index (κ1) is 13.2. The summed E-state index contributed by atoms with van der Waals surface area (Å²) in [6, 6.07) is 7.97. The van der Waals surface area contributed by atoms with Gasteiger partial charge in [-0.3, -0.25) is 0 Å². The Balaban J connectivity index is 1.66. The first-order valence-electron chi connectivity index (χ1n) is 6.61. The van der Waals surface area contributed by atoms with Gasteiger partial charge in [-0.05, 0) is 36.4 Å². The third-order valence-electron chi connectivity index (χ3n) is 2.94. The minimum absolute atomic E-state index is 0.579. The molecule has 0 fully saturated rings. The SMILES string of the molecule is Cc1ccc(-n2nnnc2NCCc2nc(C)no2)cc1. The molecule has 0 bridgehead atoms. The topological polar surface area (TPSA) is 94.6 Å². The smallest absolute Gasteiger partial charge is 0.247 e. The van der Waals surface area contributed by atoms with E-state index in [1.807, 2.05) is 31.2 Å². The number of nitrogens with zero attached hydrogens (tertiary/aromatic N) is 6. The van der Waals surface area contributed by atoms with E-state index in [-0.39, 0.29) is 0 Å². The zero-order chi connectivity index (χ0) is 14.7. The van der Waals surface area contributed by atoms with Crippen molar-refractivity contribution in [1.29, 1.82) is 0 Å². The predicted molar refractivity (Wildman–Crippen MR) is 75.1 cm³/mol. The maximum atomic E-state index is 5.05. The van der Waals surface area contributed by atoms with Gasteiger partial charge in [0.25, 0.3) is 0 Å². The van der Waals surface area contributed by atoms with E-state index in [9.17, 15) is 0 Å². The van der Waals surface area contributed by atoms with E-state index in [0.717, 1.165) is 5.69 Å². The molecule has 3 rings (SSSR count). The summed E-state index contributed by atoms with van der Waals surface area (Å²) >= 11 is 0. The van der Waals surface area contributed by atoms with E-state index in [4.69, 9.17) is 4.52 Å². The van der Waals surface area contributed by atoms with E-state index in [1.165, 1.54) is 5.56 Å². The minimum Gasteiger partial charge on any atom is -0.352 e. The molecule has 0 aliphatic heterocycles. The fourth-order valence-electron chi connectivity index (χ4n) is 1.88. The Morgan fingerprint density at radius 3 is 2.71 bits per heavy atom. The Kier molecular flexibility index (Phi) is 3.59. The second-order valence-corrected chi connectivity index (χ2v) is 4.66. The summed E-state index contributed by atoms with van der Waals surface area (Å²) in [5, 5.41) is 18.6. The van der Waals surface area contributed by atoms with Gasteiger partial charge in [0.05, 0.1) is 5.69 Å². The number of tetrazole rings is 1. The molecule has 0 saturated heterocycles. The fraction of sp³-hybridized carbons (Fsp3) is 0.308. The summed E-state index contributed by atoms with van der Waals surface area (Å²) in [5.74, 6) is 1.80. The number of nitrogens with one attached hydrogen (secondary N) is 1. The zero-order valence-corrected chi connectivity index (χ0v) is 11.8. The van der Waals surface area contributed by atoms with Crippen molar-refractivity contribution in [3.8, 4) is 5.69 Å². The Morgan fingerprint density at radius 2 is 2.00 bits per heavy atom. The average Bonchev–Trinajstić information content (AvgIpc) is 3.09. The van der Waals surface area contributed by atoms with Crippen LogP contribution in [0, 0.1) is 13.8 Å². The van der Waals surface area contributed by atoms with E-state index < -0.39 is 0 Å². The van der Waals surface area contributed by atoms with E-state index in [2.05, 4.69) is 31.0 Å². The third kappa shape index (κ3) is 3.04. The molecule has 0 spiro atoms. The molecule has 1 aromatic carbocycles. The summed E-state index contributed by atoms with van der Waals surface area (Å²) in [4.78, 5) is 4.14. The number of benzene rings is 1. The summed E-state index contributed by atoms with van der Waals surface area (Å²) in [6.45, 7) is 4.43. The van der Waals surface area contributed by atoms with Crippen LogP contribution in [0.3, 0.4) is 0 Å². The number of aryl methyl sites for hydroxylation is 2. The van der Waals surface area contributed by atoms with Gasteiger partial charge in [-0.25, -0.2) is 0 Å². The van der Waals surface area contributed by atoms with Gasteiger partial charge < -0.3 is 9.84 Å². The Labute approximate surface area is 121 Å². The lowest BCUT2D eigenvalue weighted by molar-refractivity contribution is 0.377. The Bertz CT molecular complexity index is 716. The first-order valence-corrected chi connectivity index (χ1v) is 6.61. The molecular formula is C13H15N7O. The number of rotatable bonds is 5. The van der Waals surface area contributed by atoms with Crippen molar-refractivity contribution < 1.29 is 4.52 Å². The number of hydrogen-bond acceptors (Lipinski definition) is 7. The summed E-state index contributed by atoms with van der Waals surface area (Å²) in [5.41, 5.74) is 2.09. The van der Waals surface area contributed by atoms with Crippen molar-refractivity contribution in [2.45, 2.75) is 20.3 Å². The summed E-state index contributed by atoms with van der Waals surface area (Å²) in [6.07, 6.45) is 0.613. The molecule has 21 heavy (non-hydrogen) atoms. The maximum Gasteiger partial charge on any atom is 0.247 e. The summed E-state index contributed by atoms with van der Waals surface area (Å²) in [7, 11) is 0. The van der Waals surface area contributed by atoms with E-state index in [1.54, 1.807) is 11.6 Å². The van der Waals surface area contributed by atoms with Crippen LogP contribution in [-0.4, -0.2) is 36.9 Å². The Hall–Kier alpha value is -2.77. The van der Waals surface area contributed by atoms with E-state index >= 15 is 0 Å². The van der Waals surface area contributed by atoms with Crippen molar-refractivity contribution >= 4 is 5.95 Å². The molecule has 0 aliphatic rings. The van der Waals surface area contributed by atoms with Crippen LogP contribution in [0.15, 0.2) is 28.8 Å². The van der Waals surface area contributed by atoms with Gasteiger partial charge in [0.1, 0.15) is 0 Å². The highest BCUT2D eigenvalue weighted by Crippen LogP contribution is 2.12. The standard InChI is InChI=1S/C13H15N7O/c1-9-3-5-11(6-4-9)20-13(16-18-19-20)14-8-7-12-15-10(2)17-21-12/h3-6H,7-8H2,1-2H3,(H,14,16,19). The second kappa shape index (κ2) is 5.70. The minimum atomic E-state index is 0.579. The molecule has 1 N–H and O–H groups in total. The Morgan fingerprint density at radius 1 is 1.19 bits per heavy atom. The molecular weight excluding hydrogens is 270 g/mol. The van der Waals surface area contributed by atoms with Crippen LogP contribution in [0.25, 0.3) is 5.69 Å². The molecule has 2 heterocycles. The second-order valence-electron chi connectivity index (χ2n) is 4.66. The molecule has 3 aromatic rings. The summed E-state index contributed by atoms with van der Waals surface area (Å²) < 4.78 is 6.70. The van der Waals surface area contributed by atoms with Gasteiger partial charge in [0.2, 0.25) is 11.8 Å². The number of aromatic nitrogens is 6. The quantitative estimate of drug-likeness (QED) is 0.755. The van der Waals surface area contributed by atoms with Gasteiger partial charge in [-0.1, -0.05) is 28.0 Å². The van der Waals surface area contributed by atoms with Crippen LogP contribution in [0.1, 0.15) is 17.3 Å². The first-order chi connectivity index (χ1) is 10.2. The third-order valence-corrected chi connectivity index (χ3v) is 2.94. The van der Waals surface area contributed by atoms with Crippen molar-refractivity contribution in [3.05, 3.63) is 41.5 Å². The highest BCUT2D eigenvalue weighted by Gasteiger charge is 2.08. The predicted octanol–water partition coefficient (Wildman–Crippen LogP) is 1.32. The zero-order valence-electron chi connectivity index (χ0n) is 11.8. The maximum absolute atomic E-state index is 5.05. The van der Waals surface area contributed by atoms with Crippen molar-refractivity contribution in [3.63, 3.8) is 0 Å². The van der Waals surface area contributed by atoms with Gasteiger partial charge in [0.15, 0.2) is 5.82 Å². The lowest BCUT2D eigenvalue weighted by Crippen LogP contribution is -2.10. The van der Waals surface area contributed by atoms with Gasteiger partial charge >= 0.3 is 0 Å². The average molecular weight is 285 g/mol. The largest absolute Gasteiger partial charge is 0.352 e. The van der Waals surface area contributed by atoms with Crippen LogP contribution in [0.4, 0.5) is 5.95 Å². The molecule has 2 aromatic heterocycles. The van der Waals surface area contributed by atoms with Crippen LogP contribution in [0.5, 0.6) is 0 Å². The lowest BCUT2D eigenvalue weighted by Gasteiger charge is -2.06. The van der Waals surface area contributed by atoms with Gasteiger partial charge in [-0.15, -0.1) is 0 Å². The molecule has 0 radical (unpaired) electrons. The van der Waals surface area contributed by atoms with Gasteiger partial charge in [-0.2, -0.15) is 9.67 Å². The highest BCUT2D eigenvalue weighted by atomic mass is 16.5. The number of anilines is 1. The van der Waals surface area contributed by atoms with Crippen LogP contribution in [0.2, 0.25) is 0 Å². The van der Waals surface area contributed by atoms with Crippen molar-refractivity contribution in [2.24, 2.45) is 0 Å². The van der Waals surface area contributed by atoms with E-state index in [0.29, 0.717) is 30.6 Å². The van der Waals surface area contributed by atoms with Crippen LogP contribution in [-0.2, 0) is 6.42 Å². The highest BCUT2D eigenvalue weighted by molar-refractivity contribution is 5.39. The van der Waals surface area contributed by atoms with Crippen LogP contribution < -0.4 is 5.32 Å².